The van der Waals surface area contributed by atoms with E-state index in [2.05, 4.69) is 44.7 Å². The maximum atomic E-state index is 12.9. The van der Waals surface area contributed by atoms with Crippen molar-refractivity contribution >= 4 is 16.8 Å². The smallest absolute Gasteiger partial charge is 0.257 e. The summed E-state index contributed by atoms with van der Waals surface area (Å²) in [5.41, 5.74) is 4.76. The molecule has 0 bridgehead atoms. The Hall–Kier alpha value is -4.19. The predicted molar refractivity (Wildman–Crippen MR) is 123 cm³/mol. The van der Waals surface area contributed by atoms with Crippen LogP contribution in [0.1, 0.15) is 33.2 Å². The first-order valence-electron chi connectivity index (χ1n) is 10.5. The number of H-pyrrole nitrogens is 1. The molecule has 5 rings (SSSR count). The second kappa shape index (κ2) is 8.51. The summed E-state index contributed by atoms with van der Waals surface area (Å²) in [6.45, 7) is 2.25. The molecule has 0 saturated carbocycles. The molecule has 1 amide bonds. The highest BCUT2D eigenvalue weighted by molar-refractivity contribution is 5.94. The summed E-state index contributed by atoms with van der Waals surface area (Å²) in [7, 11) is 0. The van der Waals surface area contributed by atoms with Crippen molar-refractivity contribution in [2.24, 2.45) is 0 Å². The molecule has 2 N–H and O–H groups in total. The zero-order valence-electron chi connectivity index (χ0n) is 17.6. The third kappa shape index (κ3) is 3.90. The summed E-state index contributed by atoms with van der Waals surface area (Å²) in [5, 5.41) is 8.08. The van der Waals surface area contributed by atoms with Crippen LogP contribution in [0.2, 0.25) is 0 Å². The molecule has 0 saturated heterocycles. The quantitative estimate of drug-likeness (QED) is 0.399. The van der Waals surface area contributed by atoms with Gasteiger partial charge in [0.15, 0.2) is 5.82 Å². The van der Waals surface area contributed by atoms with Gasteiger partial charge in [-0.05, 0) is 48.4 Å². The van der Waals surface area contributed by atoms with Gasteiger partial charge in [0, 0.05) is 40.7 Å². The number of hydrogen-bond acceptors (Lipinski definition) is 4. The molecule has 0 spiro atoms. The molecule has 5 aromatic rings. The van der Waals surface area contributed by atoms with Crippen LogP contribution in [0.4, 0.5) is 0 Å². The molecule has 2 aromatic heterocycles. The molecule has 3 aromatic carbocycles. The molecule has 32 heavy (non-hydrogen) atoms. The highest BCUT2D eigenvalue weighted by Crippen LogP contribution is 2.30. The number of aromatic nitrogens is 3. The number of nitrogens with one attached hydrogen (secondary N) is 2. The van der Waals surface area contributed by atoms with Gasteiger partial charge in [-0.25, -0.2) is 0 Å². The fourth-order valence-corrected chi connectivity index (χ4v) is 3.95. The lowest BCUT2D eigenvalue weighted by Crippen LogP contribution is -2.28. The Morgan fingerprint density at radius 3 is 2.50 bits per heavy atom. The maximum absolute atomic E-state index is 12.9. The molecule has 1 atom stereocenters. The molecule has 6 nitrogen and oxygen atoms in total. The van der Waals surface area contributed by atoms with Gasteiger partial charge >= 0.3 is 0 Å². The van der Waals surface area contributed by atoms with E-state index in [4.69, 9.17) is 4.52 Å². The largest absolute Gasteiger partial charge is 0.361 e. The van der Waals surface area contributed by atoms with Crippen molar-refractivity contribution in [1.29, 1.82) is 0 Å². The lowest BCUT2D eigenvalue weighted by molar-refractivity contribution is 0.0952. The molecule has 0 aliphatic carbocycles. The topological polar surface area (TPSA) is 83.8 Å². The van der Waals surface area contributed by atoms with E-state index in [1.165, 1.54) is 0 Å². The van der Waals surface area contributed by atoms with Gasteiger partial charge < -0.3 is 14.8 Å². The molecular formula is C26H22N4O2. The number of benzene rings is 3. The molecule has 0 radical (unpaired) electrons. The van der Waals surface area contributed by atoms with Gasteiger partial charge in [-0.3, -0.25) is 4.79 Å². The van der Waals surface area contributed by atoms with Gasteiger partial charge in [-0.15, -0.1) is 0 Å². The van der Waals surface area contributed by atoms with Crippen LogP contribution >= 0.6 is 0 Å². The highest BCUT2D eigenvalue weighted by atomic mass is 16.5. The van der Waals surface area contributed by atoms with E-state index in [1.54, 1.807) is 19.1 Å². The van der Waals surface area contributed by atoms with Crippen LogP contribution < -0.4 is 5.32 Å². The normalized spacial score (nSPS) is 12.0. The van der Waals surface area contributed by atoms with E-state index in [0.29, 0.717) is 23.8 Å². The minimum absolute atomic E-state index is 0.0249. The van der Waals surface area contributed by atoms with Crippen molar-refractivity contribution in [2.75, 3.05) is 6.54 Å². The van der Waals surface area contributed by atoms with E-state index in [-0.39, 0.29) is 11.8 Å². The molecule has 6 heteroatoms. The molecule has 0 aliphatic rings. The van der Waals surface area contributed by atoms with Crippen molar-refractivity contribution in [1.82, 2.24) is 20.4 Å². The Morgan fingerprint density at radius 1 is 1.00 bits per heavy atom. The Bertz CT molecular complexity index is 1350. The average Bonchev–Trinajstić information content (AvgIpc) is 3.47. The third-order valence-corrected chi connectivity index (χ3v) is 5.59. The number of hydrogen-bond donors (Lipinski definition) is 2. The molecule has 2 heterocycles. The molecule has 0 aliphatic heterocycles. The Morgan fingerprint density at radius 2 is 1.75 bits per heavy atom. The summed E-state index contributed by atoms with van der Waals surface area (Å²) >= 11 is 0. The summed E-state index contributed by atoms with van der Waals surface area (Å²) in [4.78, 5) is 20.5. The maximum Gasteiger partial charge on any atom is 0.257 e. The number of amides is 1. The number of para-hydroxylation sites is 1. The fourth-order valence-electron chi connectivity index (χ4n) is 3.95. The summed E-state index contributed by atoms with van der Waals surface area (Å²) in [6.07, 6.45) is 2.04. The zero-order chi connectivity index (χ0) is 21.9. The second-order valence-corrected chi connectivity index (χ2v) is 7.69. The minimum Gasteiger partial charge on any atom is -0.361 e. The van der Waals surface area contributed by atoms with Crippen molar-refractivity contribution in [2.45, 2.75) is 12.8 Å². The van der Waals surface area contributed by atoms with E-state index in [0.717, 1.165) is 27.6 Å². The van der Waals surface area contributed by atoms with Gasteiger partial charge in [0.25, 0.3) is 11.8 Å². The zero-order valence-corrected chi connectivity index (χ0v) is 17.6. The first-order valence-corrected chi connectivity index (χ1v) is 10.5. The number of aryl methyl sites for hydroxylation is 1. The summed E-state index contributed by atoms with van der Waals surface area (Å²) in [6, 6.07) is 25.6. The van der Waals surface area contributed by atoms with Gasteiger partial charge in [0.2, 0.25) is 0 Å². The Balaban J connectivity index is 1.37. The lowest BCUT2D eigenvalue weighted by atomic mass is 9.91. The molecule has 158 valence electrons. The van der Waals surface area contributed by atoms with Crippen LogP contribution in [-0.4, -0.2) is 27.6 Å². The average molecular weight is 422 g/mol. The SMILES string of the molecule is Cc1noc(-c2ccc(C(=O)NCC(c3ccccc3)c3c[nH]c4ccccc34)cc2)n1. The van der Waals surface area contributed by atoms with E-state index in [1.807, 2.05) is 48.7 Å². The standard InChI is InChI=1S/C26H22N4O2/c1-17-29-26(32-30-17)20-13-11-19(12-14-20)25(31)28-15-22(18-7-3-2-4-8-18)23-16-27-24-10-6-5-9-21(23)24/h2-14,16,22,27H,15H2,1H3,(H,28,31). The first kappa shape index (κ1) is 19.8. The molecule has 0 fully saturated rings. The number of carbonyl (C=O) groups is 1. The van der Waals surface area contributed by atoms with Crippen LogP contribution in [0.5, 0.6) is 0 Å². The van der Waals surface area contributed by atoms with Gasteiger partial charge in [-0.1, -0.05) is 53.7 Å². The second-order valence-electron chi connectivity index (χ2n) is 7.69. The lowest BCUT2D eigenvalue weighted by Gasteiger charge is -2.18. The molecule has 1 unspecified atom stereocenters. The van der Waals surface area contributed by atoms with E-state index >= 15 is 0 Å². The number of fused-ring (bicyclic) bond motifs is 1. The van der Waals surface area contributed by atoms with Crippen LogP contribution in [-0.2, 0) is 0 Å². The van der Waals surface area contributed by atoms with Crippen LogP contribution in [0.15, 0.2) is 89.6 Å². The Kier molecular flexibility index (Phi) is 5.25. The third-order valence-electron chi connectivity index (χ3n) is 5.59. The fraction of sp³-hybridized carbons (Fsp3) is 0.115. The van der Waals surface area contributed by atoms with Crippen LogP contribution in [0.25, 0.3) is 22.4 Å². The van der Waals surface area contributed by atoms with Crippen molar-refractivity contribution < 1.29 is 9.32 Å². The monoisotopic (exact) mass is 422 g/mol. The Labute approximate surface area is 185 Å². The van der Waals surface area contributed by atoms with Crippen LogP contribution in [0, 0.1) is 6.92 Å². The van der Waals surface area contributed by atoms with Crippen LogP contribution in [0.3, 0.4) is 0 Å². The number of nitrogens with zero attached hydrogens (tertiary/aromatic N) is 2. The predicted octanol–water partition coefficient (Wildman–Crippen LogP) is 5.09. The summed E-state index contributed by atoms with van der Waals surface area (Å²) < 4.78 is 5.19. The van der Waals surface area contributed by atoms with Gasteiger partial charge in [0.1, 0.15) is 0 Å². The van der Waals surface area contributed by atoms with Gasteiger partial charge in [-0.2, -0.15) is 4.98 Å². The summed E-state index contributed by atoms with van der Waals surface area (Å²) in [5.74, 6) is 0.917. The van der Waals surface area contributed by atoms with Crippen molar-refractivity contribution in [3.05, 3.63) is 108 Å². The number of carbonyl (C=O) groups excluding carboxylic acids is 1. The van der Waals surface area contributed by atoms with E-state index in [9.17, 15) is 4.79 Å². The highest BCUT2D eigenvalue weighted by Gasteiger charge is 2.19. The van der Waals surface area contributed by atoms with Crippen molar-refractivity contribution in [3.8, 4) is 11.5 Å². The number of rotatable bonds is 6. The number of aromatic amines is 1. The molecular weight excluding hydrogens is 400 g/mol. The van der Waals surface area contributed by atoms with Crippen molar-refractivity contribution in [3.63, 3.8) is 0 Å². The van der Waals surface area contributed by atoms with E-state index < -0.39 is 0 Å². The first-order chi connectivity index (χ1) is 15.7. The minimum atomic E-state index is -0.126. The van der Waals surface area contributed by atoms with Gasteiger partial charge in [0.05, 0.1) is 0 Å².